The second-order valence-corrected chi connectivity index (χ2v) is 3.50. The van der Waals surface area contributed by atoms with Crippen LogP contribution in [-0.4, -0.2) is 18.5 Å². The summed E-state index contributed by atoms with van der Waals surface area (Å²) in [7, 11) is 0. The number of hydrogen-bond donors (Lipinski definition) is 3. The number of amides is 3. The molecule has 0 radical (unpaired) electrons. The van der Waals surface area contributed by atoms with E-state index in [0.717, 1.165) is 5.56 Å². The lowest BCUT2D eigenvalue weighted by Gasteiger charge is -2.07. The molecule has 1 rings (SSSR count). The smallest absolute Gasteiger partial charge is 0.315 e. The van der Waals surface area contributed by atoms with Gasteiger partial charge in [0, 0.05) is 11.6 Å². The topological polar surface area (TPSA) is 84.2 Å². The minimum Gasteiger partial charge on any atom is -0.368 e. The monoisotopic (exact) mass is 241 g/mol. The van der Waals surface area contributed by atoms with E-state index in [0.29, 0.717) is 11.6 Å². The van der Waals surface area contributed by atoms with E-state index >= 15 is 0 Å². The highest BCUT2D eigenvalue weighted by atomic mass is 35.5. The molecule has 16 heavy (non-hydrogen) atoms. The van der Waals surface area contributed by atoms with Gasteiger partial charge < -0.3 is 16.4 Å². The van der Waals surface area contributed by atoms with Crippen molar-refractivity contribution in [2.45, 2.75) is 6.54 Å². The number of hydrogen-bond acceptors (Lipinski definition) is 2. The Morgan fingerprint density at radius 2 is 1.94 bits per heavy atom. The van der Waals surface area contributed by atoms with Crippen LogP contribution in [0.5, 0.6) is 0 Å². The number of primary amides is 1. The van der Waals surface area contributed by atoms with Crippen molar-refractivity contribution in [1.29, 1.82) is 0 Å². The third-order valence-corrected chi connectivity index (χ3v) is 2.19. The fourth-order valence-electron chi connectivity index (χ4n) is 1.05. The Morgan fingerprint density at radius 1 is 1.25 bits per heavy atom. The van der Waals surface area contributed by atoms with Gasteiger partial charge in [-0.2, -0.15) is 0 Å². The molecule has 0 aliphatic carbocycles. The Labute approximate surface area is 98.0 Å². The van der Waals surface area contributed by atoms with Crippen molar-refractivity contribution in [1.82, 2.24) is 10.6 Å². The van der Waals surface area contributed by atoms with Gasteiger partial charge in [-0.25, -0.2) is 4.79 Å². The number of nitrogens with two attached hydrogens (primary N) is 1. The van der Waals surface area contributed by atoms with Gasteiger partial charge in [-0.1, -0.05) is 29.8 Å². The summed E-state index contributed by atoms with van der Waals surface area (Å²) >= 11 is 5.89. The summed E-state index contributed by atoms with van der Waals surface area (Å²) in [5, 5.41) is 5.44. The van der Waals surface area contributed by atoms with Crippen molar-refractivity contribution < 1.29 is 9.59 Å². The Hall–Kier alpha value is -1.75. The number of carbonyl (C=O) groups excluding carboxylic acids is 2. The number of nitrogens with one attached hydrogen (secondary N) is 2. The molecule has 0 heterocycles. The molecule has 0 aliphatic rings. The number of rotatable bonds is 4. The Bertz CT molecular complexity index is 395. The zero-order chi connectivity index (χ0) is 12.0. The molecule has 1 aromatic rings. The van der Waals surface area contributed by atoms with Gasteiger partial charge in [0.15, 0.2) is 0 Å². The van der Waals surface area contributed by atoms with Crippen LogP contribution in [0.2, 0.25) is 5.02 Å². The highest BCUT2D eigenvalue weighted by Crippen LogP contribution is 2.13. The lowest BCUT2D eigenvalue weighted by Crippen LogP contribution is -2.40. The van der Waals surface area contributed by atoms with Gasteiger partial charge in [-0.15, -0.1) is 0 Å². The first kappa shape index (κ1) is 12.3. The normalized spacial score (nSPS) is 9.56. The van der Waals surface area contributed by atoms with E-state index in [1.54, 1.807) is 18.2 Å². The SMILES string of the molecule is NC(=O)CNC(=O)NCc1ccccc1Cl. The molecule has 0 atom stereocenters. The number of urea groups is 1. The lowest BCUT2D eigenvalue weighted by atomic mass is 10.2. The maximum absolute atomic E-state index is 11.2. The van der Waals surface area contributed by atoms with Crippen molar-refractivity contribution in [3.63, 3.8) is 0 Å². The van der Waals surface area contributed by atoms with E-state index in [1.807, 2.05) is 6.07 Å². The lowest BCUT2D eigenvalue weighted by molar-refractivity contribution is -0.117. The molecule has 0 saturated heterocycles. The summed E-state index contributed by atoms with van der Waals surface area (Å²) < 4.78 is 0. The summed E-state index contributed by atoms with van der Waals surface area (Å²) in [5.74, 6) is -0.590. The zero-order valence-electron chi connectivity index (χ0n) is 8.50. The van der Waals surface area contributed by atoms with E-state index in [-0.39, 0.29) is 6.54 Å². The summed E-state index contributed by atoms with van der Waals surface area (Å²) in [5.41, 5.74) is 5.67. The van der Waals surface area contributed by atoms with Crippen LogP contribution in [-0.2, 0) is 11.3 Å². The van der Waals surface area contributed by atoms with Gasteiger partial charge in [0.25, 0.3) is 0 Å². The first-order valence-electron chi connectivity index (χ1n) is 4.63. The van der Waals surface area contributed by atoms with E-state index in [9.17, 15) is 9.59 Å². The average molecular weight is 242 g/mol. The van der Waals surface area contributed by atoms with Crippen LogP contribution in [0.15, 0.2) is 24.3 Å². The van der Waals surface area contributed by atoms with Crippen LogP contribution in [0, 0.1) is 0 Å². The molecule has 0 saturated carbocycles. The molecule has 0 unspecified atom stereocenters. The highest BCUT2D eigenvalue weighted by molar-refractivity contribution is 6.31. The van der Waals surface area contributed by atoms with Gasteiger partial charge in [-0.05, 0) is 11.6 Å². The number of benzene rings is 1. The van der Waals surface area contributed by atoms with Gasteiger partial charge in [0.2, 0.25) is 5.91 Å². The minimum atomic E-state index is -0.590. The Balaban J connectivity index is 2.37. The average Bonchev–Trinajstić information content (AvgIpc) is 2.25. The van der Waals surface area contributed by atoms with E-state index in [4.69, 9.17) is 17.3 Å². The third-order valence-electron chi connectivity index (χ3n) is 1.82. The van der Waals surface area contributed by atoms with Crippen LogP contribution in [0.4, 0.5) is 4.79 Å². The van der Waals surface area contributed by atoms with Crippen LogP contribution in [0.25, 0.3) is 0 Å². The van der Waals surface area contributed by atoms with Gasteiger partial charge in [0.05, 0.1) is 6.54 Å². The molecule has 0 aliphatic heterocycles. The largest absolute Gasteiger partial charge is 0.368 e. The minimum absolute atomic E-state index is 0.186. The van der Waals surface area contributed by atoms with Crippen molar-refractivity contribution in [3.05, 3.63) is 34.9 Å². The molecule has 3 amide bonds. The molecule has 0 spiro atoms. The maximum atomic E-state index is 11.2. The van der Waals surface area contributed by atoms with Crippen LogP contribution in [0.1, 0.15) is 5.56 Å². The predicted molar refractivity (Wildman–Crippen MR) is 60.9 cm³/mol. The Kier molecular flexibility index (Phi) is 4.60. The molecule has 4 N–H and O–H groups in total. The van der Waals surface area contributed by atoms with Crippen molar-refractivity contribution in [2.24, 2.45) is 5.73 Å². The van der Waals surface area contributed by atoms with Crippen LogP contribution in [0.3, 0.4) is 0 Å². The van der Waals surface area contributed by atoms with Crippen molar-refractivity contribution in [2.75, 3.05) is 6.54 Å². The molecule has 6 heteroatoms. The Morgan fingerprint density at radius 3 is 2.56 bits per heavy atom. The molecule has 0 bridgehead atoms. The van der Waals surface area contributed by atoms with Gasteiger partial charge in [-0.3, -0.25) is 4.79 Å². The van der Waals surface area contributed by atoms with Crippen molar-refractivity contribution >= 4 is 23.5 Å². The first-order chi connectivity index (χ1) is 7.59. The van der Waals surface area contributed by atoms with Gasteiger partial charge in [0.1, 0.15) is 0 Å². The standard InChI is InChI=1S/C10H12ClN3O2/c11-8-4-2-1-3-7(8)5-13-10(16)14-6-9(12)15/h1-4H,5-6H2,(H2,12,15)(H2,13,14,16). The molecule has 0 aromatic heterocycles. The van der Waals surface area contributed by atoms with E-state index < -0.39 is 11.9 Å². The van der Waals surface area contributed by atoms with Crippen LogP contribution < -0.4 is 16.4 Å². The maximum Gasteiger partial charge on any atom is 0.315 e. The fraction of sp³-hybridized carbons (Fsp3) is 0.200. The molecular formula is C10H12ClN3O2. The quantitative estimate of drug-likeness (QED) is 0.722. The second kappa shape index (κ2) is 5.97. The number of halogens is 1. The molecule has 0 fully saturated rings. The number of carbonyl (C=O) groups is 2. The highest BCUT2D eigenvalue weighted by Gasteiger charge is 2.03. The van der Waals surface area contributed by atoms with E-state index in [1.165, 1.54) is 0 Å². The molecular weight excluding hydrogens is 230 g/mol. The summed E-state index contributed by atoms with van der Waals surface area (Å²) in [6.45, 7) is 0.110. The third kappa shape index (κ3) is 4.18. The second-order valence-electron chi connectivity index (χ2n) is 3.09. The molecule has 1 aromatic carbocycles. The van der Waals surface area contributed by atoms with Crippen LogP contribution >= 0.6 is 11.6 Å². The summed E-state index contributed by atoms with van der Waals surface area (Å²) in [6.07, 6.45) is 0. The summed E-state index contributed by atoms with van der Waals surface area (Å²) in [6, 6.07) is 6.71. The summed E-state index contributed by atoms with van der Waals surface area (Å²) in [4.78, 5) is 21.5. The van der Waals surface area contributed by atoms with E-state index in [2.05, 4.69) is 10.6 Å². The van der Waals surface area contributed by atoms with Gasteiger partial charge >= 0.3 is 6.03 Å². The molecule has 86 valence electrons. The molecule has 5 nitrogen and oxygen atoms in total. The predicted octanol–water partition coefficient (Wildman–Crippen LogP) is 0.625. The zero-order valence-corrected chi connectivity index (χ0v) is 9.25. The fourth-order valence-corrected chi connectivity index (χ4v) is 1.25. The van der Waals surface area contributed by atoms with Crippen molar-refractivity contribution in [3.8, 4) is 0 Å². The first-order valence-corrected chi connectivity index (χ1v) is 5.01.